The van der Waals surface area contributed by atoms with Crippen molar-refractivity contribution >= 4 is 22.8 Å². The molecular formula is C10H11N3O2S. The van der Waals surface area contributed by atoms with Crippen molar-refractivity contribution in [2.75, 3.05) is 6.26 Å². The van der Waals surface area contributed by atoms with Crippen LogP contribution in [0.1, 0.15) is 0 Å². The van der Waals surface area contributed by atoms with Gasteiger partial charge in [0.15, 0.2) is 5.65 Å². The van der Waals surface area contributed by atoms with Crippen LogP contribution in [0.5, 0.6) is 0 Å². The molecule has 2 aromatic rings. The Hall–Kier alpha value is -1.56. The average molecular weight is 237 g/mol. The molecule has 0 amide bonds. The number of rotatable bonds is 1. The Morgan fingerprint density at radius 3 is 2.50 bits per heavy atom. The second-order valence-corrected chi connectivity index (χ2v) is 4.26. The topological polar surface area (TPSA) is 56.9 Å². The number of hydrogen-bond donors (Lipinski definition) is 0. The van der Waals surface area contributed by atoms with E-state index < -0.39 is 0 Å². The molecule has 0 aliphatic rings. The van der Waals surface area contributed by atoms with Gasteiger partial charge in [-0.2, -0.15) is 0 Å². The molecule has 0 bridgehead atoms. The molecular weight excluding hydrogens is 226 g/mol. The number of aromatic nitrogens is 3. The van der Waals surface area contributed by atoms with Gasteiger partial charge >= 0.3 is 5.69 Å². The number of aryl methyl sites for hydroxylation is 1. The number of nitrogens with zero attached hydrogens (tertiary/aromatic N) is 3. The largest absolute Gasteiger partial charge is 0.332 e. The minimum absolute atomic E-state index is 0.307. The van der Waals surface area contributed by atoms with Gasteiger partial charge in [0.25, 0.3) is 5.56 Å². The highest BCUT2D eigenvalue weighted by Crippen LogP contribution is 2.14. The first-order valence-electron chi connectivity index (χ1n) is 4.67. The van der Waals surface area contributed by atoms with Gasteiger partial charge in [0.05, 0.1) is 10.4 Å². The van der Waals surface area contributed by atoms with Gasteiger partial charge in [-0.1, -0.05) is 0 Å². The molecule has 16 heavy (non-hydrogen) atoms. The molecule has 0 radical (unpaired) electrons. The first-order valence-corrected chi connectivity index (χ1v) is 5.89. The number of fused-ring (bicyclic) bond motifs is 1. The highest BCUT2D eigenvalue weighted by atomic mass is 32.2. The molecule has 5 nitrogen and oxygen atoms in total. The SMILES string of the molecule is CSc1ccc2c(=O)n(C)c(=O)n(C)c2n1. The molecule has 0 spiro atoms. The van der Waals surface area contributed by atoms with Gasteiger partial charge in [-0.05, 0) is 18.4 Å². The van der Waals surface area contributed by atoms with Crippen LogP contribution in [0.2, 0.25) is 0 Å². The summed E-state index contributed by atoms with van der Waals surface area (Å²) in [6.45, 7) is 0. The highest BCUT2D eigenvalue weighted by molar-refractivity contribution is 7.98. The third-order valence-electron chi connectivity index (χ3n) is 2.49. The molecule has 0 saturated heterocycles. The van der Waals surface area contributed by atoms with Gasteiger partial charge in [0, 0.05) is 14.1 Å². The normalized spacial score (nSPS) is 10.9. The molecule has 2 heterocycles. The summed E-state index contributed by atoms with van der Waals surface area (Å²) >= 11 is 1.47. The Morgan fingerprint density at radius 2 is 1.88 bits per heavy atom. The second-order valence-electron chi connectivity index (χ2n) is 3.43. The van der Waals surface area contributed by atoms with Crippen molar-refractivity contribution in [1.82, 2.24) is 14.1 Å². The van der Waals surface area contributed by atoms with Crippen LogP contribution in [0.25, 0.3) is 11.0 Å². The van der Waals surface area contributed by atoms with E-state index in [-0.39, 0.29) is 11.2 Å². The predicted octanol–water partition coefficient (Wildman–Crippen LogP) is 0.354. The van der Waals surface area contributed by atoms with E-state index in [1.165, 1.54) is 23.4 Å². The third kappa shape index (κ3) is 1.46. The lowest BCUT2D eigenvalue weighted by molar-refractivity contribution is 0.705. The summed E-state index contributed by atoms with van der Waals surface area (Å²) in [7, 11) is 3.08. The fourth-order valence-corrected chi connectivity index (χ4v) is 1.93. The van der Waals surface area contributed by atoms with Crippen LogP contribution in [-0.2, 0) is 14.1 Å². The zero-order chi connectivity index (χ0) is 11.9. The molecule has 0 atom stereocenters. The van der Waals surface area contributed by atoms with Gasteiger partial charge in [0.1, 0.15) is 0 Å². The summed E-state index contributed by atoms with van der Waals surface area (Å²) in [5.41, 5.74) is -0.235. The number of thioether (sulfide) groups is 1. The predicted molar refractivity (Wildman–Crippen MR) is 64.0 cm³/mol. The minimum Gasteiger partial charge on any atom is -0.280 e. The van der Waals surface area contributed by atoms with E-state index in [0.717, 1.165) is 9.59 Å². The molecule has 0 N–H and O–H groups in total. The number of hydrogen-bond acceptors (Lipinski definition) is 4. The van der Waals surface area contributed by atoms with E-state index in [9.17, 15) is 9.59 Å². The van der Waals surface area contributed by atoms with Crippen molar-refractivity contribution in [3.63, 3.8) is 0 Å². The Labute approximate surface area is 95.7 Å². The Balaban J connectivity index is 3.03. The van der Waals surface area contributed by atoms with E-state index in [4.69, 9.17) is 0 Å². The average Bonchev–Trinajstić information content (AvgIpc) is 2.33. The van der Waals surface area contributed by atoms with Crippen LogP contribution in [0, 0.1) is 0 Å². The van der Waals surface area contributed by atoms with Crippen molar-refractivity contribution in [3.8, 4) is 0 Å². The first kappa shape index (κ1) is 10.9. The van der Waals surface area contributed by atoms with Gasteiger partial charge in [-0.25, -0.2) is 9.78 Å². The Bertz CT molecular complexity index is 672. The smallest absolute Gasteiger partial charge is 0.280 e. The first-order chi connectivity index (χ1) is 7.56. The zero-order valence-corrected chi connectivity index (χ0v) is 10.0. The summed E-state index contributed by atoms with van der Waals surface area (Å²) < 4.78 is 2.47. The quantitative estimate of drug-likeness (QED) is 0.672. The van der Waals surface area contributed by atoms with E-state index in [1.54, 1.807) is 19.2 Å². The molecule has 0 aliphatic carbocycles. The maximum Gasteiger partial charge on any atom is 0.332 e. The van der Waals surface area contributed by atoms with Crippen molar-refractivity contribution < 1.29 is 0 Å². The van der Waals surface area contributed by atoms with Crippen molar-refractivity contribution in [2.45, 2.75) is 5.03 Å². The lowest BCUT2D eigenvalue weighted by Crippen LogP contribution is -2.37. The van der Waals surface area contributed by atoms with Crippen LogP contribution < -0.4 is 11.2 Å². The van der Waals surface area contributed by atoms with Crippen molar-refractivity contribution in [3.05, 3.63) is 33.0 Å². The monoisotopic (exact) mass is 237 g/mol. The summed E-state index contributed by atoms with van der Waals surface area (Å²) in [5, 5.41) is 1.25. The lowest BCUT2D eigenvalue weighted by Gasteiger charge is -2.06. The van der Waals surface area contributed by atoms with Gasteiger partial charge in [-0.3, -0.25) is 13.9 Å². The second kappa shape index (κ2) is 3.79. The zero-order valence-electron chi connectivity index (χ0n) is 9.22. The molecule has 0 fully saturated rings. The van der Waals surface area contributed by atoms with Crippen molar-refractivity contribution in [1.29, 1.82) is 0 Å². The van der Waals surface area contributed by atoms with E-state index >= 15 is 0 Å². The van der Waals surface area contributed by atoms with Crippen LogP contribution in [0.15, 0.2) is 26.7 Å². The summed E-state index contributed by atoms with van der Waals surface area (Å²) in [4.78, 5) is 27.8. The van der Waals surface area contributed by atoms with Crippen LogP contribution in [0.4, 0.5) is 0 Å². The Kier molecular flexibility index (Phi) is 2.59. The molecule has 84 valence electrons. The van der Waals surface area contributed by atoms with Gasteiger partial charge in [-0.15, -0.1) is 11.8 Å². The third-order valence-corrected chi connectivity index (χ3v) is 3.13. The summed E-state index contributed by atoms with van der Waals surface area (Å²) in [6, 6.07) is 3.48. The minimum atomic E-state index is -0.358. The molecule has 6 heteroatoms. The maximum absolute atomic E-state index is 11.8. The molecule has 2 rings (SSSR count). The van der Waals surface area contributed by atoms with Gasteiger partial charge < -0.3 is 0 Å². The fourth-order valence-electron chi connectivity index (χ4n) is 1.55. The summed E-state index contributed by atoms with van der Waals surface area (Å²) in [6.07, 6.45) is 1.90. The molecule has 0 aromatic carbocycles. The Morgan fingerprint density at radius 1 is 1.19 bits per heavy atom. The van der Waals surface area contributed by atoms with E-state index in [1.807, 2.05) is 6.26 Å². The number of pyridine rings is 1. The standard InChI is InChI=1S/C10H11N3O2S/c1-12-8-6(4-5-7(11-8)16-3)9(14)13(2)10(12)15/h4-5H,1-3H3. The van der Waals surface area contributed by atoms with E-state index in [2.05, 4.69) is 4.98 Å². The lowest BCUT2D eigenvalue weighted by atomic mass is 10.3. The fraction of sp³-hybridized carbons (Fsp3) is 0.300. The van der Waals surface area contributed by atoms with Crippen LogP contribution in [-0.4, -0.2) is 20.4 Å². The van der Waals surface area contributed by atoms with E-state index in [0.29, 0.717) is 11.0 Å². The molecule has 0 aliphatic heterocycles. The molecule has 2 aromatic heterocycles. The molecule has 0 unspecified atom stereocenters. The highest BCUT2D eigenvalue weighted by Gasteiger charge is 2.09. The van der Waals surface area contributed by atoms with Gasteiger partial charge in [0.2, 0.25) is 0 Å². The summed E-state index contributed by atoms with van der Waals surface area (Å²) in [5.74, 6) is 0. The maximum atomic E-state index is 11.8. The van der Waals surface area contributed by atoms with Crippen LogP contribution >= 0.6 is 11.8 Å². The molecule has 0 saturated carbocycles. The van der Waals surface area contributed by atoms with Crippen LogP contribution in [0.3, 0.4) is 0 Å². The van der Waals surface area contributed by atoms with Crippen molar-refractivity contribution in [2.24, 2.45) is 14.1 Å².